The molecule has 0 aromatic carbocycles. The number of likely N-dealkylation sites (N-methyl/N-ethyl adjacent to an activating group) is 2. The average molecular weight is 256 g/mol. The van der Waals surface area contributed by atoms with Gasteiger partial charge in [-0.25, -0.2) is 0 Å². The van der Waals surface area contributed by atoms with E-state index in [1.165, 1.54) is 0 Å². The molecule has 1 fully saturated rings. The Balaban J connectivity index is 2.36. The maximum absolute atomic E-state index is 12.0. The van der Waals surface area contributed by atoms with Crippen LogP contribution in [0.25, 0.3) is 0 Å². The Kier molecular flexibility index (Phi) is 6.60. The topological polar surface area (TPSA) is 61.6 Å². The summed E-state index contributed by atoms with van der Waals surface area (Å²) in [5.74, 6) is 0.0857. The molecule has 1 heterocycles. The number of nitrogens with zero attached hydrogens (tertiary/aromatic N) is 2. The standard InChI is InChI=1S/C13H28N4O/c1-4-5-11(8-14)13(18)15-9-12-10-16(2)6-7-17(12)3/h11-12H,4-10,14H2,1-3H3,(H,15,18). The normalized spacial score (nSPS) is 23.9. The third kappa shape index (κ3) is 4.55. The molecule has 5 heteroatoms. The first-order chi connectivity index (χ1) is 8.58. The first kappa shape index (κ1) is 15.4. The molecule has 1 amide bonds. The molecular weight excluding hydrogens is 228 g/mol. The van der Waals surface area contributed by atoms with E-state index in [-0.39, 0.29) is 11.8 Å². The molecule has 0 aromatic heterocycles. The van der Waals surface area contributed by atoms with Crippen LogP contribution in [0, 0.1) is 5.92 Å². The van der Waals surface area contributed by atoms with E-state index in [4.69, 9.17) is 5.73 Å². The van der Waals surface area contributed by atoms with Crippen molar-refractivity contribution in [2.45, 2.75) is 25.8 Å². The second-order valence-corrected chi connectivity index (χ2v) is 5.36. The predicted molar refractivity (Wildman–Crippen MR) is 74.4 cm³/mol. The monoisotopic (exact) mass is 256 g/mol. The zero-order valence-corrected chi connectivity index (χ0v) is 12.0. The van der Waals surface area contributed by atoms with Gasteiger partial charge in [0.15, 0.2) is 0 Å². The number of nitrogens with two attached hydrogens (primary N) is 1. The number of hydrogen-bond acceptors (Lipinski definition) is 4. The van der Waals surface area contributed by atoms with Gasteiger partial charge in [0, 0.05) is 38.8 Å². The Morgan fingerprint density at radius 2 is 2.17 bits per heavy atom. The molecule has 0 spiro atoms. The third-order valence-electron chi connectivity index (χ3n) is 3.78. The van der Waals surface area contributed by atoms with E-state index >= 15 is 0 Å². The summed E-state index contributed by atoms with van der Waals surface area (Å²) in [6.07, 6.45) is 1.88. The summed E-state index contributed by atoms with van der Waals surface area (Å²) < 4.78 is 0. The minimum atomic E-state index is -0.0263. The van der Waals surface area contributed by atoms with Crippen LogP contribution in [0.5, 0.6) is 0 Å². The summed E-state index contributed by atoms with van der Waals surface area (Å²) in [4.78, 5) is 16.6. The minimum absolute atomic E-state index is 0.0263. The van der Waals surface area contributed by atoms with Crippen LogP contribution < -0.4 is 11.1 Å². The van der Waals surface area contributed by atoms with E-state index in [1.54, 1.807) is 0 Å². The molecule has 2 unspecified atom stereocenters. The van der Waals surface area contributed by atoms with Crippen molar-refractivity contribution in [3.8, 4) is 0 Å². The first-order valence-corrected chi connectivity index (χ1v) is 6.95. The Bertz CT molecular complexity index is 259. The van der Waals surface area contributed by atoms with Crippen LogP contribution in [0.2, 0.25) is 0 Å². The van der Waals surface area contributed by atoms with Crippen LogP contribution >= 0.6 is 0 Å². The highest BCUT2D eigenvalue weighted by molar-refractivity contribution is 5.78. The molecule has 0 aliphatic carbocycles. The highest BCUT2D eigenvalue weighted by Crippen LogP contribution is 2.07. The van der Waals surface area contributed by atoms with Crippen LogP contribution in [-0.4, -0.2) is 68.6 Å². The van der Waals surface area contributed by atoms with Gasteiger partial charge in [0.05, 0.1) is 5.92 Å². The molecule has 0 aromatic rings. The maximum Gasteiger partial charge on any atom is 0.224 e. The quantitative estimate of drug-likeness (QED) is 0.686. The van der Waals surface area contributed by atoms with Gasteiger partial charge in [0.1, 0.15) is 0 Å². The van der Waals surface area contributed by atoms with E-state index in [0.29, 0.717) is 12.6 Å². The number of carbonyl (C=O) groups is 1. The Morgan fingerprint density at radius 1 is 1.44 bits per heavy atom. The fraction of sp³-hybridized carbons (Fsp3) is 0.923. The van der Waals surface area contributed by atoms with Crippen LogP contribution in [-0.2, 0) is 4.79 Å². The summed E-state index contributed by atoms with van der Waals surface area (Å²) in [6, 6.07) is 0.410. The zero-order valence-electron chi connectivity index (χ0n) is 12.0. The van der Waals surface area contributed by atoms with Crippen LogP contribution in [0.15, 0.2) is 0 Å². The van der Waals surface area contributed by atoms with Crippen molar-refractivity contribution in [2.75, 3.05) is 46.8 Å². The minimum Gasteiger partial charge on any atom is -0.354 e. The van der Waals surface area contributed by atoms with E-state index in [2.05, 4.69) is 36.1 Å². The predicted octanol–water partition coefficient (Wildman–Crippen LogP) is -0.277. The Morgan fingerprint density at radius 3 is 2.78 bits per heavy atom. The molecule has 1 rings (SSSR count). The molecule has 0 radical (unpaired) electrons. The maximum atomic E-state index is 12.0. The number of hydrogen-bond donors (Lipinski definition) is 2. The second kappa shape index (κ2) is 7.71. The Labute approximate surface area is 111 Å². The lowest BCUT2D eigenvalue weighted by molar-refractivity contribution is -0.125. The summed E-state index contributed by atoms with van der Waals surface area (Å²) in [6.45, 7) is 6.42. The number of nitrogens with one attached hydrogen (secondary N) is 1. The number of piperazine rings is 1. The summed E-state index contributed by atoms with van der Waals surface area (Å²) in [7, 11) is 4.25. The van der Waals surface area contributed by atoms with Crippen molar-refractivity contribution in [2.24, 2.45) is 11.7 Å². The highest BCUT2D eigenvalue weighted by atomic mass is 16.1. The average Bonchev–Trinajstić information content (AvgIpc) is 2.36. The summed E-state index contributed by atoms with van der Waals surface area (Å²) >= 11 is 0. The van der Waals surface area contributed by atoms with Crippen LogP contribution in [0.1, 0.15) is 19.8 Å². The summed E-state index contributed by atoms with van der Waals surface area (Å²) in [5, 5.41) is 3.05. The third-order valence-corrected chi connectivity index (χ3v) is 3.78. The number of amides is 1. The van der Waals surface area contributed by atoms with Crippen molar-refractivity contribution in [3.63, 3.8) is 0 Å². The lowest BCUT2D eigenvalue weighted by Gasteiger charge is -2.37. The van der Waals surface area contributed by atoms with Crippen molar-refractivity contribution >= 4 is 5.91 Å². The molecule has 18 heavy (non-hydrogen) atoms. The smallest absolute Gasteiger partial charge is 0.224 e. The largest absolute Gasteiger partial charge is 0.354 e. The molecular formula is C13H28N4O. The fourth-order valence-corrected chi connectivity index (χ4v) is 2.39. The number of carbonyl (C=O) groups excluding carboxylic acids is 1. The van der Waals surface area contributed by atoms with E-state index < -0.39 is 0 Å². The SMILES string of the molecule is CCCC(CN)C(=O)NCC1CN(C)CCN1C. The van der Waals surface area contributed by atoms with E-state index in [0.717, 1.165) is 39.0 Å². The summed E-state index contributed by atoms with van der Waals surface area (Å²) in [5.41, 5.74) is 5.64. The van der Waals surface area contributed by atoms with Crippen molar-refractivity contribution in [1.29, 1.82) is 0 Å². The van der Waals surface area contributed by atoms with Gasteiger partial charge in [-0.05, 0) is 20.5 Å². The van der Waals surface area contributed by atoms with Crippen molar-refractivity contribution in [1.82, 2.24) is 15.1 Å². The molecule has 3 N–H and O–H groups in total. The van der Waals surface area contributed by atoms with E-state index in [1.807, 2.05) is 0 Å². The molecule has 1 aliphatic rings. The first-order valence-electron chi connectivity index (χ1n) is 6.95. The molecule has 0 saturated carbocycles. The van der Waals surface area contributed by atoms with Crippen LogP contribution in [0.4, 0.5) is 0 Å². The lowest BCUT2D eigenvalue weighted by Crippen LogP contribution is -2.55. The van der Waals surface area contributed by atoms with Gasteiger partial charge in [-0.1, -0.05) is 13.3 Å². The molecule has 1 aliphatic heterocycles. The van der Waals surface area contributed by atoms with Gasteiger partial charge in [0.25, 0.3) is 0 Å². The van der Waals surface area contributed by atoms with Crippen molar-refractivity contribution < 1.29 is 4.79 Å². The highest BCUT2D eigenvalue weighted by Gasteiger charge is 2.23. The molecule has 5 nitrogen and oxygen atoms in total. The molecule has 106 valence electrons. The molecule has 1 saturated heterocycles. The Hall–Kier alpha value is -0.650. The van der Waals surface area contributed by atoms with Gasteiger partial charge in [-0.2, -0.15) is 0 Å². The van der Waals surface area contributed by atoms with Gasteiger partial charge in [-0.3, -0.25) is 9.69 Å². The molecule has 2 atom stereocenters. The molecule has 0 bridgehead atoms. The van der Waals surface area contributed by atoms with E-state index in [9.17, 15) is 4.79 Å². The van der Waals surface area contributed by atoms with Crippen molar-refractivity contribution in [3.05, 3.63) is 0 Å². The van der Waals surface area contributed by atoms with Gasteiger partial charge >= 0.3 is 0 Å². The van der Waals surface area contributed by atoms with Gasteiger partial charge in [-0.15, -0.1) is 0 Å². The van der Waals surface area contributed by atoms with Gasteiger partial charge in [0.2, 0.25) is 5.91 Å². The fourth-order valence-electron chi connectivity index (χ4n) is 2.39. The van der Waals surface area contributed by atoms with Gasteiger partial charge < -0.3 is 16.0 Å². The zero-order chi connectivity index (χ0) is 13.5. The number of rotatable bonds is 6. The second-order valence-electron chi connectivity index (χ2n) is 5.36. The van der Waals surface area contributed by atoms with Crippen LogP contribution in [0.3, 0.4) is 0 Å². The lowest BCUT2D eigenvalue weighted by atomic mass is 10.0.